The van der Waals surface area contributed by atoms with Crippen LogP contribution in [0.15, 0.2) is 48.5 Å². The Labute approximate surface area is 205 Å². The fourth-order valence-corrected chi connectivity index (χ4v) is 6.49. The zero-order chi connectivity index (χ0) is 24.8. The van der Waals surface area contributed by atoms with Crippen molar-refractivity contribution < 1.29 is 24.2 Å². The van der Waals surface area contributed by atoms with E-state index in [4.69, 9.17) is 4.74 Å². The molecular formula is C28H32N2O5. The Bertz CT molecular complexity index is 1120. The van der Waals surface area contributed by atoms with E-state index >= 15 is 0 Å². The van der Waals surface area contributed by atoms with Crippen molar-refractivity contribution in [3.63, 3.8) is 0 Å². The molecule has 35 heavy (non-hydrogen) atoms. The Morgan fingerprint density at radius 3 is 2.26 bits per heavy atom. The summed E-state index contributed by atoms with van der Waals surface area (Å²) < 4.78 is 5.66. The van der Waals surface area contributed by atoms with Crippen LogP contribution in [0.4, 0.5) is 4.79 Å². The summed E-state index contributed by atoms with van der Waals surface area (Å²) in [6.07, 6.45) is 1.91. The van der Waals surface area contributed by atoms with Crippen LogP contribution < -0.4 is 5.32 Å². The van der Waals surface area contributed by atoms with Crippen molar-refractivity contribution in [2.24, 2.45) is 5.41 Å². The minimum absolute atomic E-state index is 0.0352. The van der Waals surface area contributed by atoms with Gasteiger partial charge in [-0.2, -0.15) is 0 Å². The van der Waals surface area contributed by atoms with Gasteiger partial charge in [0.15, 0.2) is 0 Å². The lowest BCUT2D eigenvalue weighted by atomic mass is 9.63. The molecule has 2 amide bonds. The molecule has 6 rings (SSSR count). The lowest BCUT2D eigenvalue weighted by molar-refractivity contribution is -0.160. The molecule has 0 aromatic heterocycles. The van der Waals surface area contributed by atoms with Crippen molar-refractivity contribution in [2.45, 2.75) is 63.5 Å². The number of nitrogens with one attached hydrogen (secondary N) is 1. The molecule has 184 valence electrons. The fourth-order valence-electron chi connectivity index (χ4n) is 6.49. The second-order valence-corrected chi connectivity index (χ2v) is 10.6. The van der Waals surface area contributed by atoms with Crippen LogP contribution in [0.5, 0.6) is 0 Å². The molecule has 2 aliphatic carbocycles. The maximum absolute atomic E-state index is 13.1. The first-order valence-electron chi connectivity index (χ1n) is 12.4. The molecule has 2 bridgehead atoms. The van der Waals surface area contributed by atoms with E-state index in [0.29, 0.717) is 25.8 Å². The zero-order valence-electron chi connectivity index (χ0n) is 20.3. The van der Waals surface area contributed by atoms with Gasteiger partial charge in [0.1, 0.15) is 12.1 Å². The fraction of sp³-hybridized carbons (Fsp3) is 0.464. The number of carboxylic acids is 1. The molecule has 2 saturated heterocycles. The quantitative estimate of drug-likeness (QED) is 0.583. The molecule has 1 atom stereocenters. The Hall–Kier alpha value is -3.35. The summed E-state index contributed by atoms with van der Waals surface area (Å²) in [5.41, 5.74) is 3.42. The van der Waals surface area contributed by atoms with E-state index in [1.165, 1.54) is 4.90 Å². The van der Waals surface area contributed by atoms with Gasteiger partial charge in [-0.1, -0.05) is 68.8 Å². The summed E-state index contributed by atoms with van der Waals surface area (Å²) in [7, 11) is 0. The number of alkyl carbamates (subject to hydrolysis) is 1. The third-order valence-electron chi connectivity index (χ3n) is 7.92. The molecule has 0 radical (unpaired) electrons. The highest BCUT2D eigenvalue weighted by atomic mass is 16.5. The highest BCUT2D eigenvalue weighted by Gasteiger charge is 2.68. The topological polar surface area (TPSA) is 95.9 Å². The highest BCUT2D eigenvalue weighted by Crippen LogP contribution is 2.59. The van der Waals surface area contributed by atoms with Gasteiger partial charge >= 0.3 is 12.1 Å². The summed E-state index contributed by atoms with van der Waals surface area (Å²) in [6, 6.07) is 15.9. The Balaban J connectivity index is 1.22. The first kappa shape index (κ1) is 23.4. The molecule has 2 aliphatic heterocycles. The standard InChI is InChI=1S/C28H32N2O5/c1-3-8-18(13-24(31)30-17-27(2)15-28(30,16-27)25(32)33)29-26(34)35-14-23-21-11-6-4-9-19(21)20-10-5-7-12-22(20)23/h4-7,9-12,18,23H,3,8,13-17H2,1-2H3,(H,29,34)(H,32,33). The third kappa shape index (κ3) is 3.97. The molecule has 4 aliphatic rings. The number of carbonyl (C=O) groups is 3. The first-order valence-corrected chi connectivity index (χ1v) is 12.4. The van der Waals surface area contributed by atoms with Crippen LogP contribution in [0, 0.1) is 5.41 Å². The SMILES string of the molecule is CCCC(CC(=O)N1CC2(C)CC1(C(=O)O)C2)NC(=O)OCC1c2ccccc2-c2ccccc21. The van der Waals surface area contributed by atoms with E-state index < -0.39 is 23.6 Å². The van der Waals surface area contributed by atoms with Crippen LogP contribution in [-0.4, -0.2) is 52.7 Å². The van der Waals surface area contributed by atoms with Crippen molar-refractivity contribution >= 4 is 18.0 Å². The van der Waals surface area contributed by atoms with Gasteiger partial charge in [-0.05, 0) is 46.9 Å². The molecule has 1 saturated carbocycles. The molecule has 7 nitrogen and oxygen atoms in total. The lowest BCUT2D eigenvalue weighted by Crippen LogP contribution is -2.56. The van der Waals surface area contributed by atoms with Crippen molar-refractivity contribution in [3.8, 4) is 11.1 Å². The summed E-state index contributed by atoms with van der Waals surface area (Å²) in [5.74, 6) is -1.18. The maximum Gasteiger partial charge on any atom is 0.407 e. The molecule has 1 unspecified atom stereocenters. The molecule has 2 N–H and O–H groups in total. The smallest absolute Gasteiger partial charge is 0.407 e. The second kappa shape index (κ2) is 8.70. The number of aliphatic carboxylic acids is 1. The van der Waals surface area contributed by atoms with Crippen LogP contribution in [0.1, 0.15) is 63.0 Å². The van der Waals surface area contributed by atoms with Gasteiger partial charge in [0.2, 0.25) is 5.91 Å². The van der Waals surface area contributed by atoms with Crippen molar-refractivity contribution in [2.75, 3.05) is 13.2 Å². The van der Waals surface area contributed by atoms with Crippen LogP contribution >= 0.6 is 0 Å². The molecule has 2 aromatic rings. The number of carbonyl (C=O) groups excluding carboxylic acids is 2. The van der Waals surface area contributed by atoms with Crippen LogP contribution in [0.3, 0.4) is 0 Å². The molecule has 0 spiro atoms. The van der Waals surface area contributed by atoms with Gasteiger partial charge in [0.05, 0.1) is 0 Å². The number of ether oxygens (including phenoxy) is 1. The van der Waals surface area contributed by atoms with Gasteiger partial charge in [-0.25, -0.2) is 9.59 Å². The van der Waals surface area contributed by atoms with Crippen LogP contribution in [0.25, 0.3) is 11.1 Å². The van der Waals surface area contributed by atoms with Crippen molar-refractivity contribution in [3.05, 3.63) is 59.7 Å². The monoisotopic (exact) mass is 476 g/mol. The molecule has 3 fully saturated rings. The first-order chi connectivity index (χ1) is 16.8. The number of carboxylic acid groups (broad SMARTS) is 1. The Morgan fingerprint density at radius 1 is 1.09 bits per heavy atom. The van der Waals surface area contributed by atoms with Gasteiger partial charge in [0, 0.05) is 24.9 Å². The minimum atomic E-state index is -1.08. The summed E-state index contributed by atoms with van der Waals surface area (Å²) >= 11 is 0. The van der Waals surface area contributed by atoms with Gasteiger partial charge in [-0.3, -0.25) is 4.79 Å². The Kier molecular flexibility index (Phi) is 5.82. The van der Waals surface area contributed by atoms with E-state index in [1.807, 2.05) is 38.1 Å². The minimum Gasteiger partial charge on any atom is -0.479 e. The maximum atomic E-state index is 13.1. The highest BCUT2D eigenvalue weighted by molar-refractivity contribution is 5.90. The van der Waals surface area contributed by atoms with E-state index in [0.717, 1.165) is 28.7 Å². The summed E-state index contributed by atoms with van der Waals surface area (Å²) in [6.45, 7) is 4.69. The van der Waals surface area contributed by atoms with Crippen molar-refractivity contribution in [1.29, 1.82) is 0 Å². The van der Waals surface area contributed by atoms with E-state index in [9.17, 15) is 19.5 Å². The van der Waals surface area contributed by atoms with Gasteiger partial charge in [-0.15, -0.1) is 0 Å². The predicted molar refractivity (Wildman–Crippen MR) is 131 cm³/mol. The van der Waals surface area contributed by atoms with E-state index in [-0.39, 0.29) is 30.3 Å². The number of benzene rings is 2. The largest absolute Gasteiger partial charge is 0.479 e. The molecule has 2 aromatic carbocycles. The summed E-state index contributed by atoms with van der Waals surface area (Å²) in [4.78, 5) is 39.3. The molecule has 2 heterocycles. The summed E-state index contributed by atoms with van der Waals surface area (Å²) in [5, 5.41) is 12.6. The van der Waals surface area contributed by atoms with Gasteiger partial charge < -0.3 is 20.1 Å². The number of nitrogens with zero attached hydrogens (tertiary/aromatic N) is 1. The number of hydrogen-bond donors (Lipinski definition) is 2. The molecule has 7 heteroatoms. The van der Waals surface area contributed by atoms with Crippen LogP contribution in [0.2, 0.25) is 0 Å². The number of hydrogen-bond acceptors (Lipinski definition) is 4. The van der Waals surface area contributed by atoms with Crippen molar-refractivity contribution in [1.82, 2.24) is 10.2 Å². The average Bonchev–Trinajstić information content (AvgIpc) is 3.42. The third-order valence-corrected chi connectivity index (χ3v) is 7.92. The van der Waals surface area contributed by atoms with E-state index in [1.54, 1.807) is 0 Å². The normalized spacial score (nSPS) is 24.8. The number of rotatable bonds is 8. The number of amides is 2. The Morgan fingerprint density at radius 2 is 1.69 bits per heavy atom. The lowest BCUT2D eigenvalue weighted by Gasteiger charge is -2.42. The van der Waals surface area contributed by atoms with E-state index in [2.05, 4.69) is 29.6 Å². The average molecular weight is 477 g/mol. The van der Waals surface area contributed by atoms with Gasteiger partial charge in [0.25, 0.3) is 0 Å². The molecular weight excluding hydrogens is 444 g/mol. The predicted octanol–water partition coefficient (Wildman–Crippen LogP) is 4.55. The zero-order valence-corrected chi connectivity index (χ0v) is 20.3. The second-order valence-electron chi connectivity index (χ2n) is 10.6. The number of fused-ring (bicyclic) bond motifs is 4. The van der Waals surface area contributed by atoms with Crippen LogP contribution in [-0.2, 0) is 14.3 Å².